The predicted molar refractivity (Wildman–Crippen MR) is 73.2 cm³/mol. The lowest BCUT2D eigenvalue weighted by Gasteiger charge is -2.43. The number of nitrogens with zero attached hydrogens (tertiary/aromatic N) is 1. The molecule has 2 aliphatic heterocycles. The number of nitrogens with two attached hydrogens (primary N) is 1. The maximum absolute atomic E-state index is 12.0. The largest absolute Gasteiger partial charge is 0.452 e. The van der Waals surface area contributed by atoms with Gasteiger partial charge in [0, 0.05) is 12.0 Å². The molecule has 0 aromatic heterocycles. The smallest absolute Gasteiger partial charge is 0.414 e. The summed E-state index contributed by atoms with van der Waals surface area (Å²) in [4.78, 5) is 13.9. The van der Waals surface area contributed by atoms with E-state index < -0.39 is 0 Å². The summed E-state index contributed by atoms with van der Waals surface area (Å²) in [5, 5.41) is 2.38. The summed E-state index contributed by atoms with van der Waals surface area (Å²) < 4.78 is 4.96. The average molecular weight is 261 g/mol. The molecule has 0 radical (unpaired) electrons. The van der Waals surface area contributed by atoms with Crippen LogP contribution in [0.15, 0.2) is 24.3 Å². The Morgan fingerprint density at radius 3 is 3.00 bits per heavy atom. The van der Waals surface area contributed by atoms with Crippen LogP contribution in [0, 0.1) is 5.41 Å². The highest BCUT2D eigenvalue weighted by atomic mass is 16.5. The van der Waals surface area contributed by atoms with Crippen molar-refractivity contribution < 1.29 is 14.8 Å². The molecule has 102 valence electrons. The molecular weight excluding hydrogens is 240 g/mol. The number of methoxy groups -OCH3 is 1. The van der Waals surface area contributed by atoms with Crippen LogP contribution in [0.3, 0.4) is 0 Å². The summed E-state index contributed by atoms with van der Waals surface area (Å²) in [6, 6.07) is 8.20. The molecule has 4 heteroatoms. The van der Waals surface area contributed by atoms with Crippen molar-refractivity contribution in [2.45, 2.75) is 19.3 Å². The van der Waals surface area contributed by atoms with Gasteiger partial charge in [-0.15, -0.1) is 0 Å². The molecule has 2 heterocycles. The van der Waals surface area contributed by atoms with Gasteiger partial charge in [-0.25, -0.2) is 4.79 Å². The number of rotatable bonds is 0. The number of amides is 1. The first-order valence-corrected chi connectivity index (χ1v) is 6.99. The van der Waals surface area contributed by atoms with Crippen LogP contribution in [-0.4, -0.2) is 32.8 Å². The summed E-state index contributed by atoms with van der Waals surface area (Å²) in [6.45, 7) is 3.10. The lowest BCUT2D eigenvalue weighted by molar-refractivity contribution is -0.676. The summed E-state index contributed by atoms with van der Waals surface area (Å²) in [5.41, 5.74) is 2.51. The number of quaternary nitrogens is 1. The van der Waals surface area contributed by atoms with Gasteiger partial charge in [0.2, 0.25) is 0 Å². The van der Waals surface area contributed by atoms with E-state index in [-0.39, 0.29) is 11.5 Å². The molecule has 1 unspecified atom stereocenters. The fourth-order valence-electron chi connectivity index (χ4n) is 3.51. The molecule has 1 saturated heterocycles. The zero-order valence-corrected chi connectivity index (χ0v) is 11.4. The molecule has 1 atom stereocenters. The van der Waals surface area contributed by atoms with Crippen LogP contribution in [0.2, 0.25) is 0 Å². The van der Waals surface area contributed by atoms with Crippen LogP contribution in [0.25, 0.3) is 0 Å². The second-order valence-electron chi connectivity index (χ2n) is 5.75. The molecule has 4 nitrogen and oxygen atoms in total. The van der Waals surface area contributed by atoms with Crippen LogP contribution in [0.4, 0.5) is 10.5 Å². The minimum absolute atomic E-state index is 0.223. The molecule has 1 spiro atoms. The summed E-state index contributed by atoms with van der Waals surface area (Å²) in [5.74, 6) is 0. The normalized spacial score (nSPS) is 26.1. The van der Waals surface area contributed by atoms with E-state index in [1.807, 2.05) is 17.0 Å². The van der Waals surface area contributed by atoms with Gasteiger partial charge in [0.05, 0.1) is 25.9 Å². The standard InChI is InChI=1S/C15H20N2O2/c1-19-14(18)17-11-15(7-4-8-16-10-15)9-12-5-2-3-6-13(12)17/h2-3,5-6,16H,4,7-11H2,1H3/p+1. The zero-order chi connectivity index (χ0) is 13.3. The zero-order valence-electron chi connectivity index (χ0n) is 11.4. The molecule has 1 aromatic carbocycles. The Morgan fingerprint density at radius 2 is 2.26 bits per heavy atom. The van der Waals surface area contributed by atoms with Crippen molar-refractivity contribution in [3.8, 4) is 0 Å². The fraction of sp³-hybridized carbons (Fsp3) is 0.533. The SMILES string of the molecule is COC(=O)N1CC2(CCC[NH2+]C2)Cc2ccccc21. The highest BCUT2D eigenvalue weighted by molar-refractivity contribution is 5.89. The molecule has 1 fully saturated rings. The van der Waals surface area contributed by atoms with Crippen LogP contribution >= 0.6 is 0 Å². The number of carbonyl (C=O) groups excluding carboxylic acids is 1. The average Bonchev–Trinajstić information content (AvgIpc) is 2.46. The predicted octanol–water partition coefficient (Wildman–Crippen LogP) is 1.16. The molecule has 1 aromatic rings. The van der Waals surface area contributed by atoms with Gasteiger partial charge in [0.15, 0.2) is 0 Å². The number of hydrogen-bond donors (Lipinski definition) is 1. The Hall–Kier alpha value is -1.55. The molecular formula is C15H21N2O2+. The number of benzene rings is 1. The van der Waals surface area contributed by atoms with Crippen molar-refractivity contribution in [1.82, 2.24) is 0 Å². The number of hydrogen-bond acceptors (Lipinski definition) is 2. The van der Waals surface area contributed by atoms with Gasteiger partial charge in [-0.05, 0) is 30.9 Å². The van der Waals surface area contributed by atoms with Crippen LogP contribution in [0.5, 0.6) is 0 Å². The van der Waals surface area contributed by atoms with E-state index in [0.29, 0.717) is 0 Å². The van der Waals surface area contributed by atoms with Crippen molar-refractivity contribution in [3.63, 3.8) is 0 Å². The number of piperidine rings is 1. The van der Waals surface area contributed by atoms with Crippen LogP contribution in [0.1, 0.15) is 18.4 Å². The first-order valence-electron chi connectivity index (χ1n) is 6.99. The van der Waals surface area contributed by atoms with E-state index in [0.717, 1.165) is 25.2 Å². The van der Waals surface area contributed by atoms with E-state index in [1.165, 1.54) is 32.1 Å². The Bertz CT molecular complexity index is 481. The van der Waals surface area contributed by atoms with Crippen molar-refractivity contribution >= 4 is 11.8 Å². The van der Waals surface area contributed by atoms with Gasteiger partial charge in [0.1, 0.15) is 0 Å². The maximum Gasteiger partial charge on any atom is 0.414 e. The Kier molecular flexibility index (Phi) is 3.19. The molecule has 19 heavy (non-hydrogen) atoms. The third-order valence-corrected chi connectivity index (χ3v) is 4.43. The monoisotopic (exact) mass is 261 g/mol. The van der Waals surface area contributed by atoms with Gasteiger partial charge in [-0.2, -0.15) is 0 Å². The minimum Gasteiger partial charge on any atom is -0.452 e. The number of para-hydroxylation sites is 1. The number of carbonyl (C=O) groups is 1. The van der Waals surface area contributed by atoms with E-state index in [2.05, 4.69) is 17.4 Å². The number of anilines is 1. The van der Waals surface area contributed by atoms with Crippen molar-refractivity contribution in [1.29, 1.82) is 0 Å². The first kappa shape index (κ1) is 12.5. The maximum atomic E-state index is 12.0. The topological polar surface area (TPSA) is 46.1 Å². The highest BCUT2D eigenvalue weighted by Crippen LogP contribution is 2.39. The van der Waals surface area contributed by atoms with Crippen molar-refractivity contribution in [2.75, 3.05) is 31.6 Å². The van der Waals surface area contributed by atoms with Crippen molar-refractivity contribution in [2.24, 2.45) is 5.41 Å². The lowest BCUT2D eigenvalue weighted by Crippen LogP contribution is -2.90. The van der Waals surface area contributed by atoms with Gasteiger partial charge in [-0.3, -0.25) is 4.90 Å². The molecule has 0 bridgehead atoms. The fourth-order valence-corrected chi connectivity index (χ4v) is 3.51. The lowest BCUT2D eigenvalue weighted by atomic mass is 9.73. The quantitative estimate of drug-likeness (QED) is 0.762. The van der Waals surface area contributed by atoms with Gasteiger partial charge >= 0.3 is 6.09 Å². The number of ether oxygens (including phenoxy) is 1. The Morgan fingerprint density at radius 1 is 1.42 bits per heavy atom. The van der Waals surface area contributed by atoms with Gasteiger partial charge < -0.3 is 10.1 Å². The molecule has 0 aliphatic carbocycles. The second kappa shape index (κ2) is 4.85. The van der Waals surface area contributed by atoms with E-state index in [1.54, 1.807) is 0 Å². The second-order valence-corrected chi connectivity index (χ2v) is 5.75. The number of fused-ring (bicyclic) bond motifs is 1. The third kappa shape index (κ3) is 2.21. The molecule has 3 rings (SSSR count). The summed E-state index contributed by atoms with van der Waals surface area (Å²) in [6.07, 6.45) is 3.27. The van der Waals surface area contributed by atoms with E-state index in [9.17, 15) is 4.79 Å². The Labute approximate surface area is 113 Å². The first-order chi connectivity index (χ1) is 9.24. The Balaban J connectivity index is 1.97. The van der Waals surface area contributed by atoms with Crippen molar-refractivity contribution in [3.05, 3.63) is 29.8 Å². The molecule has 2 aliphatic rings. The minimum atomic E-state index is -0.239. The summed E-state index contributed by atoms with van der Waals surface area (Å²) >= 11 is 0. The molecule has 0 saturated carbocycles. The third-order valence-electron chi connectivity index (χ3n) is 4.43. The van der Waals surface area contributed by atoms with Gasteiger partial charge in [-0.1, -0.05) is 18.2 Å². The van der Waals surface area contributed by atoms with Crippen LogP contribution in [-0.2, 0) is 11.2 Å². The highest BCUT2D eigenvalue weighted by Gasteiger charge is 2.42. The van der Waals surface area contributed by atoms with E-state index >= 15 is 0 Å². The van der Waals surface area contributed by atoms with Gasteiger partial charge in [0.25, 0.3) is 0 Å². The van der Waals surface area contributed by atoms with Crippen LogP contribution < -0.4 is 10.2 Å². The summed E-state index contributed by atoms with van der Waals surface area (Å²) in [7, 11) is 1.46. The molecule has 1 amide bonds. The van der Waals surface area contributed by atoms with E-state index in [4.69, 9.17) is 4.74 Å². The molecule has 2 N–H and O–H groups in total.